The number of nitrogens with one attached hydrogen (secondary N) is 2. The number of rotatable bonds is 3. The SMILES string of the molecule is CC(=O)NC1(C)CCC(Nc2ccc(C#N)cn2)CC1. The van der Waals surface area contributed by atoms with Crippen molar-refractivity contribution < 1.29 is 4.79 Å². The quantitative estimate of drug-likeness (QED) is 0.884. The molecule has 1 aromatic rings. The van der Waals surface area contributed by atoms with E-state index in [0.717, 1.165) is 31.5 Å². The van der Waals surface area contributed by atoms with Crippen molar-refractivity contribution in [2.75, 3.05) is 5.32 Å². The fraction of sp³-hybridized carbons (Fsp3) is 0.533. The fourth-order valence-electron chi connectivity index (χ4n) is 2.70. The molecule has 1 fully saturated rings. The van der Waals surface area contributed by atoms with Crippen molar-refractivity contribution in [3.63, 3.8) is 0 Å². The van der Waals surface area contributed by atoms with Crippen LogP contribution in [-0.2, 0) is 4.79 Å². The molecule has 0 unspecified atom stereocenters. The van der Waals surface area contributed by atoms with Gasteiger partial charge < -0.3 is 10.6 Å². The van der Waals surface area contributed by atoms with Crippen molar-refractivity contribution in [2.45, 2.75) is 51.1 Å². The first-order valence-corrected chi connectivity index (χ1v) is 6.92. The lowest BCUT2D eigenvalue weighted by Gasteiger charge is -2.38. The summed E-state index contributed by atoms with van der Waals surface area (Å²) in [5.41, 5.74) is 0.486. The molecule has 5 nitrogen and oxygen atoms in total. The minimum atomic E-state index is -0.0812. The van der Waals surface area contributed by atoms with E-state index in [4.69, 9.17) is 5.26 Å². The summed E-state index contributed by atoms with van der Waals surface area (Å²) >= 11 is 0. The zero-order valence-corrected chi connectivity index (χ0v) is 11.9. The maximum Gasteiger partial charge on any atom is 0.217 e. The Morgan fingerprint density at radius 3 is 2.65 bits per heavy atom. The highest BCUT2D eigenvalue weighted by atomic mass is 16.1. The summed E-state index contributed by atoms with van der Waals surface area (Å²) in [6.07, 6.45) is 5.49. The summed E-state index contributed by atoms with van der Waals surface area (Å²) in [4.78, 5) is 15.4. The highest BCUT2D eigenvalue weighted by molar-refractivity contribution is 5.73. The molecule has 0 bridgehead atoms. The Morgan fingerprint density at radius 1 is 1.45 bits per heavy atom. The van der Waals surface area contributed by atoms with Gasteiger partial charge in [0, 0.05) is 24.7 Å². The minimum Gasteiger partial charge on any atom is -0.367 e. The number of pyridine rings is 1. The van der Waals surface area contributed by atoms with Gasteiger partial charge >= 0.3 is 0 Å². The smallest absolute Gasteiger partial charge is 0.217 e. The van der Waals surface area contributed by atoms with Gasteiger partial charge in [-0.05, 0) is 44.7 Å². The second kappa shape index (κ2) is 5.91. The molecule has 5 heteroatoms. The zero-order chi connectivity index (χ0) is 14.6. The van der Waals surface area contributed by atoms with Crippen LogP contribution in [0.5, 0.6) is 0 Å². The van der Waals surface area contributed by atoms with Crippen molar-refractivity contribution in [3.8, 4) is 6.07 Å². The van der Waals surface area contributed by atoms with Gasteiger partial charge in [-0.25, -0.2) is 4.98 Å². The minimum absolute atomic E-state index is 0.0349. The van der Waals surface area contributed by atoms with Crippen LogP contribution in [0.1, 0.15) is 45.1 Å². The first kappa shape index (κ1) is 14.3. The van der Waals surface area contributed by atoms with E-state index in [2.05, 4.69) is 28.6 Å². The van der Waals surface area contributed by atoms with Crippen molar-refractivity contribution in [1.29, 1.82) is 5.26 Å². The third-order valence-electron chi connectivity index (χ3n) is 3.81. The largest absolute Gasteiger partial charge is 0.367 e. The molecule has 0 radical (unpaired) electrons. The number of aromatic nitrogens is 1. The topological polar surface area (TPSA) is 77.8 Å². The Labute approximate surface area is 119 Å². The molecule has 106 valence electrons. The number of hydrogen-bond acceptors (Lipinski definition) is 4. The number of amides is 1. The van der Waals surface area contributed by atoms with E-state index in [-0.39, 0.29) is 11.4 Å². The van der Waals surface area contributed by atoms with E-state index in [1.807, 2.05) is 6.07 Å². The van der Waals surface area contributed by atoms with Crippen LogP contribution >= 0.6 is 0 Å². The van der Waals surface area contributed by atoms with Gasteiger partial charge in [0.15, 0.2) is 0 Å². The van der Waals surface area contributed by atoms with E-state index in [0.29, 0.717) is 11.6 Å². The molecule has 0 atom stereocenters. The molecular formula is C15H20N4O. The number of nitriles is 1. The standard InChI is InChI=1S/C15H20N4O/c1-11(20)19-15(2)7-5-13(6-8-15)18-14-4-3-12(9-16)10-17-14/h3-4,10,13H,5-8H2,1-2H3,(H,17,18)(H,19,20). The fourth-order valence-corrected chi connectivity index (χ4v) is 2.70. The van der Waals surface area contributed by atoms with Gasteiger partial charge in [-0.15, -0.1) is 0 Å². The molecule has 0 aromatic carbocycles. The van der Waals surface area contributed by atoms with Gasteiger partial charge in [-0.3, -0.25) is 4.79 Å². The molecule has 2 rings (SSSR count). The summed E-state index contributed by atoms with van der Waals surface area (Å²) < 4.78 is 0. The van der Waals surface area contributed by atoms with Crippen molar-refractivity contribution in [3.05, 3.63) is 23.9 Å². The molecule has 1 aliphatic rings. The highest BCUT2D eigenvalue weighted by Gasteiger charge is 2.31. The number of anilines is 1. The second-order valence-corrected chi connectivity index (χ2v) is 5.70. The Bertz CT molecular complexity index is 510. The number of hydrogen-bond donors (Lipinski definition) is 2. The predicted molar refractivity (Wildman–Crippen MR) is 77.1 cm³/mol. The molecule has 20 heavy (non-hydrogen) atoms. The third-order valence-corrected chi connectivity index (χ3v) is 3.81. The predicted octanol–water partition coefficient (Wildman–Crippen LogP) is 2.20. The zero-order valence-electron chi connectivity index (χ0n) is 11.9. The Balaban J connectivity index is 1.88. The molecular weight excluding hydrogens is 252 g/mol. The molecule has 1 aromatic heterocycles. The third kappa shape index (κ3) is 3.70. The monoisotopic (exact) mass is 272 g/mol. The van der Waals surface area contributed by atoms with Crippen LogP contribution in [0.2, 0.25) is 0 Å². The maximum atomic E-state index is 11.2. The first-order valence-electron chi connectivity index (χ1n) is 6.92. The molecule has 0 aliphatic heterocycles. The van der Waals surface area contributed by atoms with Crippen molar-refractivity contribution in [2.24, 2.45) is 0 Å². The van der Waals surface area contributed by atoms with Gasteiger partial charge in [-0.2, -0.15) is 5.26 Å². The van der Waals surface area contributed by atoms with Crippen LogP contribution in [0.25, 0.3) is 0 Å². The van der Waals surface area contributed by atoms with Crippen LogP contribution in [-0.4, -0.2) is 22.5 Å². The van der Waals surface area contributed by atoms with Gasteiger partial charge in [0.2, 0.25) is 5.91 Å². The summed E-state index contributed by atoms with van der Waals surface area (Å²) in [7, 11) is 0. The van der Waals surface area contributed by atoms with Crippen LogP contribution in [0.15, 0.2) is 18.3 Å². The number of carbonyl (C=O) groups is 1. The molecule has 1 aliphatic carbocycles. The maximum absolute atomic E-state index is 11.2. The van der Waals surface area contributed by atoms with Crippen LogP contribution in [0, 0.1) is 11.3 Å². The van der Waals surface area contributed by atoms with Crippen molar-refractivity contribution >= 4 is 11.7 Å². The van der Waals surface area contributed by atoms with E-state index >= 15 is 0 Å². The summed E-state index contributed by atoms with van der Waals surface area (Å²) in [6, 6.07) is 6.03. The lowest BCUT2D eigenvalue weighted by Crippen LogP contribution is -2.49. The van der Waals surface area contributed by atoms with Gasteiger partial charge in [0.05, 0.1) is 5.56 Å². The van der Waals surface area contributed by atoms with Crippen molar-refractivity contribution in [1.82, 2.24) is 10.3 Å². The summed E-state index contributed by atoms with van der Waals surface area (Å²) in [6.45, 7) is 3.67. The van der Waals surface area contributed by atoms with E-state index in [9.17, 15) is 4.79 Å². The molecule has 1 saturated carbocycles. The average Bonchev–Trinajstić information content (AvgIpc) is 2.41. The van der Waals surface area contributed by atoms with Gasteiger partial charge in [0.1, 0.15) is 11.9 Å². The van der Waals surface area contributed by atoms with Crippen LogP contribution in [0.4, 0.5) is 5.82 Å². The summed E-state index contributed by atoms with van der Waals surface area (Å²) in [5.74, 6) is 0.838. The lowest BCUT2D eigenvalue weighted by molar-refractivity contribution is -0.121. The number of nitrogens with zero attached hydrogens (tertiary/aromatic N) is 2. The molecule has 1 heterocycles. The summed E-state index contributed by atoms with van der Waals surface area (Å²) in [5, 5.41) is 15.2. The lowest BCUT2D eigenvalue weighted by atomic mass is 9.80. The van der Waals surface area contributed by atoms with E-state index in [1.165, 1.54) is 0 Å². The Morgan fingerprint density at radius 2 is 2.15 bits per heavy atom. The molecule has 0 saturated heterocycles. The van der Waals surface area contributed by atoms with Gasteiger partial charge in [-0.1, -0.05) is 0 Å². The first-order chi connectivity index (χ1) is 9.50. The number of carbonyl (C=O) groups excluding carboxylic acids is 1. The highest BCUT2D eigenvalue weighted by Crippen LogP contribution is 2.29. The molecule has 0 spiro atoms. The van der Waals surface area contributed by atoms with E-state index in [1.54, 1.807) is 19.2 Å². The Kier molecular flexibility index (Phi) is 4.23. The van der Waals surface area contributed by atoms with E-state index < -0.39 is 0 Å². The van der Waals surface area contributed by atoms with Crippen LogP contribution < -0.4 is 10.6 Å². The molecule has 2 N–H and O–H groups in total. The second-order valence-electron chi connectivity index (χ2n) is 5.70. The Hall–Kier alpha value is -2.09. The average molecular weight is 272 g/mol. The van der Waals surface area contributed by atoms with Crippen LogP contribution in [0.3, 0.4) is 0 Å². The van der Waals surface area contributed by atoms with Gasteiger partial charge in [0.25, 0.3) is 0 Å². The molecule has 1 amide bonds. The normalized spacial score (nSPS) is 25.6.